The number of benzene rings is 2. The number of carbonyl (C=O) groups excluding carboxylic acids is 2. The number of hydrogen-bond donors (Lipinski definition) is 0. The largest absolute Gasteiger partial charge is 0.298 e. The fraction of sp³-hybridized carbons (Fsp3) is 0.125. The summed E-state index contributed by atoms with van der Waals surface area (Å²) in [5.74, 6) is 0. The van der Waals surface area contributed by atoms with Gasteiger partial charge in [0.15, 0.2) is 0 Å². The van der Waals surface area contributed by atoms with Gasteiger partial charge in [0.25, 0.3) is 0 Å². The Morgan fingerprint density at radius 1 is 0.833 bits per heavy atom. The lowest BCUT2D eigenvalue weighted by molar-refractivity contribution is 0.111. The monoisotopic (exact) mass is 240 g/mol. The van der Waals surface area contributed by atoms with Crippen molar-refractivity contribution in [3.05, 3.63) is 70.8 Å². The maximum Gasteiger partial charge on any atom is 0.150 e. The lowest BCUT2D eigenvalue weighted by Gasteiger charge is -1.92. The molecule has 0 spiro atoms. The second-order valence-electron chi connectivity index (χ2n) is 4.01. The topological polar surface area (TPSA) is 34.1 Å². The number of hydrogen-bond acceptors (Lipinski definition) is 2. The summed E-state index contributed by atoms with van der Waals surface area (Å²) in [6.07, 6.45) is 1.72. The summed E-state index contributed by atoms with van der Waals surface area (Å²) < 4.78 is 0. The van der Waals surface area contributed by atoms with Crippen LogP contribution in [0.15, 0.2) is 48.5 Å². The van der Waals surface area contributed by atoms with Crippen molar-refractivity contribution in [3.63, 3.8) is 0 Å². The van der Waals surface area contributed by atoms with Crippen LogP contribution in [0.4, 0.5) is 0 Å². The van der Waals surface area contributed by atoms with Gasteiger partial charge in [-0.3, -0.25) is 9.59 Å². The molecule has 0 amide bonds. The van der Waals surface area contributed by atoms with Crippen LogP contribution in [0.3, 0.4) is 0 Å². The number of aldehydes is 2. The van der Waals surface area contributed by atoms with Crippen LogP contribution in [0.1, 0.15) is 31.8 Å². The van der Waals surface area contributed by atoms with Crippen LogP contribution in [-0.4, -0.2) is 12.6 Å². The van der Waals surface area contributed by atoms with Crippen LogP contribution in [0, 0.1) is 13.8 Å². The first-order valence-electron chi connectivity index (χ1n) is 5.70. The highest BCUT2D eigenvalue weighted by molar-refractivity contribution is 5.76. The first-order chi connectivity index (χ1) is 8.67. The Balaban J connectivity index is 0.000000180. The predicted molar refractivity (Wildman–Crippen MR) is 73.1 cm³/mol. The molecule has 0 atom stereocenters. The Labute approximate surface area is 107 Å². The third kappa shape index (κ3) is 4.34. The zero-order valence-electron chi connectivity index (χ0n) is 10.6. The molecule has 0 fully saturated rings. The van der Waals surface area contributed by atoms with E-state index in [1.54, 1.807) is 6.07 Å². The number of rotatable bonds is 2. The summed E-state index contributed by atoms with van der Waals surface area (Å²) in [6.45, 7) is 3.89. The Bertz CT molecular complexity index is 530. The van der Waals surface area contributed by atoms with Crippen LogP contribution >= 0.6 is 0 Å². The fourth-order valence-electron chi connectivity index (χ4n) is 1.46. The smallest absolute Gasteiger partial charge is 0.150 e. The minimum absolute atomic E-state index is 0.745. The molecule has 2 nitrogen and oxygen atoms in total. The van der Waals surface area contributed by atoms with Gasteiger partial charge >= 0.3 is 0 Å². The van der Waals surface area contributed by atoms with E-state index in [0.29, 0.717) is 0 Å². The van der Waals surface area contributed by atoms with Crippen LogP contribution in [0.5, 0.6) is 0 Å². The zero-order valence-corrected chi connectivity index (χ0v) is 10.6. The van der Waals surface area contributed by atoms with E-state index in [9.17, 15) is 9.59 Å². The van der Waals surface area contributed by atoms with Crippen molar-refractivity contribution in [2.45, 2.75) is 13.8 Å². The lowest BCUT2D eigenvalue weighted by Crippen LogP contribution is -1.82. The summed E-state index contributed by atoms with van der Waals surface area (Å²) in [4.78, 5) is 20.4. The summed E-state index contributed by atoms with van der Waals surface area (Å²) in [5, 5.41) is 0. The highest BCUT2D eigenvalue weighted by Crippen LogP contribution is 2.02. The maximum atomic E-state index is 10.2. The van der Waals surface area contributed by atoms with E-state index in [1.165, 1.54) is 0 Å². The Morgan fingerprint density at radius 2 is 1.56 bits per heavy atom. The van der Waals surface area contributed by atoms with Crippen molar-refractivity contribution in [2.75, 3.05) is 0 Å². The molecular weight excluding hydrogens is 224 g/mol. The summed E-state index contributed by atoms with van der Waals surface area (Å²) in [5.41, 5.74) is 3.68. The molecule has 0 saturated carbocycles. The van der Waals surface area contributed by atoms with Crippen molar-refractivity contribution in [2.24, 2.45) is 0 Å². The SMILES string of the molecule is Cc1cccc(C=O)c1.Cc1ccccc1C=O. The summed E-state index contributed by atoms with van der Waals surface area (Å²) in [7, 11) is 0. The molecular formula is C16H16O2. The molecule has 92 valence electrons. The molecule has 2 aromatic rings. The average molecular weight is 240 g/mol. The Kier molecular flexibility index (Phi) is 5.52. The molecule has 0 aromatic heterocycles. The van der Waals surface area contributed by atoms with Gasteiger partial charge in [0.1, 0.15) is 12.6 Å². The quantitative estimate of drug-likeness (QED) is 0.751. The van der Waals surface area contributed by atoms with Crippen LogP contribution in [0.25, 0.3) is 0 Å². The van der Waals surface area contributed by atoms with Gasteiger partial charge in [-0.2, -0.15) is 0 Å². The van der Waals surface area contributed by atoms with Gasteiger partial charge in [-0.05, 0) is 25.5 Å². The van der Waals surface area contributed by atoms with E-state index in [1.807, 2.05) is 56.3 Å². The molecule has 2 rings (SSSR count). The first kappa shape index (κ1) is 13.8. The van der Waals surface area contributed by atoms with E-state index in [0.717, 1.165) is 34.8 Å². The highest BCUT2D eigenvalue weighted by atomic mass is 16.1. The van der Waals surface area contributed by atoms with Gasteiger partial charge in [0, 0.05) is 11.1 Å². The van der Waals surface area contributed by atoms with Crippen LogP contribution in [-0.2, 0) is 0 Å². The van der Waals surface area contributed by atoms with Gasteiger partial charge in [0.05, 0.1) is 0 Å². The third-order valence-corrected chi connectivity index (χ3v) is 2.49. The molecule has 0 saturated heterocycles. The van der Waals surface area contributed by atoms with Crippen LogP contribution in [0.2, 0.25) is 0 Å². The Morgan fingerprint density at radius 3 is 2.00 bits per heavy atom. The average Bonchev–Trinajstić information content (AvgIpc) is 2.40. The zero-order chi connectivity index (χ0) is 13.4. The van der Waals surface area contributed by atoms with E-state index in [-0.39, 0.29) is 0 Å². The normalized spacial score (nSPS) is 9.00. The second-order valence-corrected chi connectivity index (χ2v) is 4.01. The summed E-state index contributed by atoms with van der Waals surface area (Å²) >= 11 is 0. The second kappa shape index (κ2) is 7.17. The molecule has 0 bridgehead atoms. The molecule has 2 heteroatoms. The summed E-state index contributed by atoms with van der Waals surface area (Å²) in [6, 6.07) is 15.0. The van der Waals surface area contributed by atoms with Gasteiger partial charge in [-0.15, -0.1) is 0 Å². The van der Waals surface area contributed by atoms with Crippen molar-refractivity contribution in [1.82, 2.24) is 0 Å². The first-order valence-corrected chi connectivity index (χ1v) is 5.70. The van der Waals surface area contributed by atoms with Crippen LogP contribution < -0.4 is 0 Å². The van der Waals surface area contributed by atoms with E-state index < -0.39 is 0 Å². The Hall–Kier alpha value is -2.22. The predicted octanol–water partition coefficient (Wildman–Crippen LogP) is 3.62. The maximum absolute atomic E-state index is 10.2. The van der Waals surface area contributed by atoms with E-state index >= 15 is 0 Å². The standard InChI is InChI=1S/2C8H8O/c1-7-3-2-4-8(5-7)6-9;1-7-4-2-3-5-8(7)6-9/h2*2-6H,1H3. The van der Waals surface area contributed by atoms with Crippen molar-refractivity contribution < 1.29 is 9.59 Å². The fourth-order valence-corrected chi connectivity index (χ4v) is 1.46. The highest BCUT2D eigenvalue weighted by Gasteiger charge is 1.90. The van der Waals surface area contributed by atoms with Gasteiger partial charge < -0.3 is 0 Å². The minimum Gasteiger partial charge on any atom is -0.298 e. The molecule has 0 aliphatic rings. The van der Waals surface area contributed by atoms with E-state index in [4.69, 9.17) is 0 Å². The molecule has 0 N–H and O–H groups in total. The van der Waals surface area contributed by atoms with Crippen molar-refractivity contribution in [3.8, 4) is 0 Å². The van der Waals surface area contributed by atoms with E-state index in [2.05, 4.69) is 0 Å². The molecule has 0 radical (unpaired) electrons. The van der Waals surface area contributed by atoms with Crippen molar-refractivity contribution in [1.29, 1.82) is 0 Å². The molecule has 0 unspecified atom stereocenters. The molecule has 2 aromatic carbocycles. The number of carbonyl (C=O) groups is 2. The van der Waals surface area contributed by atoms with Gasteiger partial charge in [-0.1, -0.05) is 48.0 Å². The van der Waals surface area contributed by atoms with Crippen molar-refractivity contribution >= 4 is 12.6 Å². The molecule has 0 heterocycles. The lowest BCUT2D eigenvalue weighted by atomic mass is 10.1. The minimum atomic E-state index is 0.745. The molecule has 18 heavy (non-hydrogen) atoms. The molecule has 0 aliphatic carbocycles. The third-order valence-electron chi connectivity index (χ3n) is 2.49. The van der Waals surface area contributed by atoms with Gasteiger partial charge in [0.2, 0.25) is 0 Å². The van der Waals surface area contributed by atoms with Gasteiger partial charge in [-0.25, -0.2) is 0 Å². The molecule has 0 aliphatic heterocycles. The number of aryl methyl sites for hydroxylation is 2.